The Kier molecular flexibility index (Phi) is 6.26. The van der Waals surface area contributed by atoms with Gasteiger partial charge in [0.25, 0.3) is 5.91 Å². The lowest BCUT2D eigenvalue weighted by molar-refractivity contribution is -0.125. The van der Waals surface area contributed by atoms with Gasteiger partial charge in [-0.1, -0.05) is 48.5 Å². The average Bonchev–Trinajstić information content (AvgIpc) is 3.15. The van der Waals surface area contributed by atoms with Crippen molar-refractivity contribution in [1.82, 2.24) is 10.2 Å². The van der Waals surface area contributed by atoms with E-state index in [-0.39, 0.29) is 23.8 Å². The molecule has 5 nitrogen and oxygen atoms in total. The fourth-order valence-electron chi connectivity index (χ4n) is 3.63. The van der Waals surface area contributed by atoms with Crippen LogP contribution in [0.2, 0.25) is 0 Å². The third kappa shape index (κ3) is 4.49. The van der Waals surface area contributed by atoms with Crippen molar-refractivity contribution in [2.24, 2.45) is 0 Å². The summed E-state index contributed by atoms with van der Waals surface area (Å²) in [7, 11) is 1.61. The lowest BCUT2D eigenvalue weighted by atomic mass is 9.94. The van der Waals surface area contributed by atoms with Crippen LogP contribution >= 0.6 is 0 Å². The summed E-state index contributed by atoms with van der Waals surface area (Å²) in [4.78, 5) is 25.9. The van der Waals surface area contributed by atoms with E-state index in [1.54, 1.807) is 18.0 Å². The summed E-state index contributed by atoms with van der Waals surface area (Å²) in [5, 5.41) is 2.65. The Balaban J connectivity index is 1.82. The normalized spacial score (nSPS) is 18.7. The second-order valence-corrected chi connectivity index (χ2v) is 7.10. The van der Waals surface area contributed by atoms with Gasteiger partial charge in [0, 0.05) is 31.6 Å². The fraction of sp³-hybridized carbons (Fsp3) is 0.304. The second kappa shape index (κ2) is 8.85. The smallest absolute Gasteiger partial charge is 0.251 e. The molecule has 2 amide bonds. The topological polar surface area (TPSA) is 58.6 Å². The van der Waals surface area contributed by atoms with Crippen LogP contribution in [-0.4, -0.2) is 43.0 Å². The first kappa shape index (κ1) is 19.8. The van der Waals surface area contributed by atoms with Crippen molar-refractivity contribution in [3.8, 4) is 0 Å². The van der Waals surface area contributed by atoms with E-state index >= 15 is 0 Å². The van der Waals surface area contributed by atoms with Crippen molar-refractivity contribution >= 4 is 11.8 Å². The van der Waals surface area contributed by atoms with Crippen LogP contribution in [0.15, 0.2) is 61.2 Å². The molecule has 1 saturated heterocycles. The molecular weight excluding hydrogens is 352 g/mol. The van der Waals surface area contributed by atoms with Gasteiger partial charge in [-0.25, -0.2) is 0 Å². The Morgan fingerprint density at radius 3 is 2.71 bits per heavy atom. The van der Waals surface area contributed by atoms with Gasteiger partial charge < -0.3 is 15.0 Å². The van der Waals surface area contributed by atoms with E-state index < -0.39 is 0 Å². The summed E-state index contributed by atoms with van der Waals surface area (Å²) < 4.78 is 6.23. The highest BCUT2D eigenvalue weighted by atomic mass is 16.5. The Morgan fingerprint density at radius 2 is 2.00 bits per heavy atom. The van der Waals surface area contributed by atoms with E-state index in [4.69, 9.17) is 4.74 Å². The Hall–Kier alpha value is -2.92. The number of ether oxygens (including phenoxy) is 1. The summed E-state index contributed by atoms with van der Waals surface area (Å²) in [6.07, 6.45) is 1.19. The van der Waals surface area contributed by atoms with Crippen molar-refractivity contribution in [2.75, 3.05) is 20.1 Å². The van der Waals surface area contributed by atoms with Gasteiger partial charge in [-0.05, 0) is 36.3 Å². The van der Waals surface area contributed by atoms with Crippen molar-refractivity contribution in [3.05, 3.63) is 83.4 Å². The first-order valence-electron chi connectivity index (χ1n) is 9.42. The van der Waals surface area contributed by atoms with Gasteiger partial charge >= 0.3 is 0 Å². The zero-order chi connectivity index (χ0) is 20.1. The zero-order valence-electron chi connectivity index (χ0n) is 16.4. The predicted octanol–water partition coefficient (Wildman–Crippen LogP) is 3.05. The molecule has 28 heavy (non-hydrogen) atoms. The third-order valence-corrected chi connectivity index (χ3v) is 5.10. The molecule has 1 N–H and O–H groups in total. The first-order valence-corrected chi connectivity index (χ1v) is 9.42. The van der Waals surface area contributed by atoms with Gasteiger partial charge in [-0.2, -0.15) is 0 Å². The number of hydrogen-bond donors (Lipinski definition) is 1. The predicted molar refractivity (Wildman–Crippen MR) is 109 cm³/mol. The highest BCUT2D eigenvalue weighted by Gasteiger charge is 2.36. The minimum Gasteiger partial charge on any atom is -0.371 e. The first-order chi connectivity index (χ1) is 13.5. The molecule has 0 unspecified atom stereocenters. The second-order valence-electron chi connectivity index (χ2n) is 7.10. The maximum atomic E-state index is 12.2. The number of aryl methyl sites for hydroxylation is 1. The van der Waals surface area contributed by atoms with Crippen LogP contribution in [0.1, 0.15) is 33.0 Å². The van der Waals surface area contributed by atoms with Crippen LogP contribution in [0.5, 0.6) is 0 Å². The number of nitrogens with one attached hydrogen (secondary N) is 1. The van der Waals surface area contributed by atoms with Gasteiger partial charge in [0.05, 0.1) is 12.7 Å². The third-order valence-electron chi connectivity index (χ3n) is 5.10. The fourth-order valence-corrected chi connectivity index (χ4v) is 3.63. The van der Waals surface area contributed by atoms with Gasteiger partial charge in [0.15, 0.2) is 0 Å². The quantitative estimate of drug-likeness (QED) is 0.786. The number of amides is 2. The maximum absolute atomic E-state index is 12.2. The van der Waals surface area contributed by atoms with Crippen molar-refractivity contribution in [3.63, 3.8) is 0 Å². The van der Waals surface area contributed by atoms with E-state index in [0.717, 1.165) is 11.1 Å². The summed E-state index contributed by atoms with van der Waals surface area (Å²) in [6, 6.07) is 15.7. The maximum Gasteiger partial charge on any atom is 0.251 e. The van der Waals surface area contributed by atoms with Crippen LogP contribution in [0.3, 0.4) is 0 Å². The molecule has 2 aromatic carbocycles. The molecule has 5 heteroatoms. The van der Waals surface area contributed by atoms with Crippen LogP contribution in [0.25, 0.3) is 0 Å². The molecule has 1 aliphatic rings. The molecule has 146 valence electrons. The molecule has 2 atom stereocenters. The van der Waals surface area contributed by atoms with E-state index in [2.05, 4.69) is 31.0 Å². The zero-order valence-corrected chi connectivity index (χ0v) is 16.4. The van der Waals surface area contributed by atoms with Crippen molar-refractivity contribution in [1.29, 1.82) is 0 Å². The van der Waals surface area contributed by atoms with Crippen LogP contribution < -0.4 is 5.32 Å². The summed E-state index contributed by atoms with van der Waals surface area (Å²) in [5.74, 6) is -0.233. The van der Waals surface area contributed by atoms with Crippen LogP contribution in [0.4, 0.5) is 0 Å². The van der Waals surface area contributed by atoms with Crippen molar-refractivity contribution < 1.29 is 14.3 Å². The molecular formula is C23H26N2O3. The number of nitrogens with zero attached hydrogens (tertiary/aromatic N) is 1. The largest absolute Gasteiger partial charge is 0.371 e. The van der Waals surface area contributed by atoms with Crippen LogP contribution in [-0.2, 0) is 16.1 Å². The summed E-state index contributed by atoms with van der Waals surface area (Å²) in [6.45, 7) is 7.17. The lowest BCUT2D eigenvalue weighted by Crippen LogP contribution is -2.28. The van der Waals surface area contributed by atoms with Crippen molar-refractivity contribution in [2.45, 2.75) is 25.6 Å². The number of carbonyl (C=O) groups is 2. The highest BCUT2D eigenvalue weighted by molar-refractivity contribution is 5.94. The standard InChI is InChI=1S/C23H26N2O3/c1-4-22(26)25-13-20(18-9-6-10-19(12-18)23(27)24-3)21(14-25)28-15-17-8-5-7-16(2)11-17/h4-12,20-21H,1,13-15H2,2-3H3,(H,24,27)/t20-,21+/m0/s1. The van der Waals surface area contributed by atoms with E-state index in [1.807, 2.05) is 30.3 Å². The monoisotopic (exact) mass is 378 g/mol. The summed E-state index contributed by atoms with van der Waals surface area (Å²) >= 11 is 0. The molecule has 0 spiro atoms. The molecule has 1 fully saturated rings. The molecule has 0 aliphatic carbocycles. The molecule has 3 rings (SSSR count). The van der Waals surface area contributed by atoms with Gasteiger partial charge in [-0.3, -0.25) is 9.59 Å². The highest BCUT2D eigenvalue weighted by Crippen LogP contribution is 2.31. The van der Waals surface area contributed by atoms with Gasteiger partial charge in [0.1, 0.15) is 0 Å². The van der Waals surface area contributed by atoms with E-state index in [9.17, 15) is 9.59 Å². The number of benzene rings is 2. The van der Waals surface area contributed by atoms with Gasteiger partial charge in [-0.15, -0.1) is 0 Å². The Bertz CT molecular complexity index is 878. The molecule has 0 radical (unpaired) electrons. The van der Waals surface area contributed by atoms with Crippen LogP contribution in [0, 0.1) is 6.92 Å². The Morgan fingerprint density at radius 1 is 1.21 bits per heavy atom. The summed E-state index contributed by atoms with van der Waals surface area (Å²) in [5.41, 5.74) is 3.89. The SMILES string of the molecule is C=CC(=O)N1C[C@@H](OCc2cccc(C)c2)[C@H](c2cccc(C(=O)NC)c2)C1. The molecule has 0 saturated carbocycles. The number of likely N-dealkylation sites (tertiary alicyclic amines) is 1. The van der Waals surface area contributed by atoms with Gasteiger partial charge in [0.2, 0.25) is 5.91 Å². The average molecular weight is 378 g/mol. The van der Waals surface area contributed by atoms with E-state index in [1.165, 1.54) is 11.6 Å². The molecule has 1 aliphatic heterocycles. The minimum absolute atomic E-state index is 0.00156. The van der Waals surface area contributed by atoms with E-state index in [0.29, 0.717) is 25.3 Å². The molecule has 0 bridgehead atoms. The molecule has 1 heterocycles. The number of carbonyl (C=O) groups excluding carboxylic acids is 2. The number of hydrogen-bond acceptors (Lipinski definition) is 3. The molecule has 0 aromatic heterocycles. The number of rotatable bonds is 6. The Labute approximate surface area is 166 Å². The minimum atomic E-state index is -0.149. The lowest BCUT2D eigenvalue weighted by Gasteiger charge is -2.20. The molecule has 2 aromatic rings.